The molecule has 1 aliphatic heterocycles. The number of nitrogens with zero attached hydrogens (tertiary/aromatic N) is 1. The summed E-state index contributed by atoms with van der Waals surface area (Å²) < 4.78 is 0. The number of halogens is 1. The normalized spacial score (nSPS) is 29.5. The average molecular weight is 255 g/mol. The molecule has 0 bridgehead atoms. The second-order valence-electron chi connectivity index (χ2n) is 2.72. The zero-order valence-electron chi connectivity index (χ0n) is 6.56. The minimum absolute atomic E-state index is 0. The maximum Gasteiger partial charge on any atom is 0.323 e. The Labute approximate surface area is 85.4 Å². The molecule has 1 heterocycles. The van der Waals surface area contributed by atoms with Crippen LogP contribution in [-0.2, 0) is 4.79 Å². The van der Waals surface area contributed by atoms with Gasteiger partial charge in [0, 0.05) is 5.75 Å². The SMILES string of the molecule is Br.CC1(C(N)C(=O)O)CSC=N1. The molecule has 2 atom stereocenters. The molecule has 0 aliphatic carbocycles. The van der Waals surface area contributed by atoms with Gasteiger partial charge < -0.3 is 10.8 Å². The molecule has 0 spiro atoms. The second kappa shape index (κ2) is 4.25. The van der Waals surface area contributed by atoms with E-state index in [-0.39, 0.29) is 17.0 Å². The van der Waals surface area contributed by atoms with Crippen LogP contribution in [0.25, 0.3) is 0 Å². The van der Waals surface area contributed by atoms with Crippen molar-refractivity contribution < 1.29 is 9.90 Å². The highest BCUT2D eigenvalue weighted by Gasteiger charge is 2.38. The average Bonchev–Trinajstić information content (AvgIpc) is 2.35. The number of aliphatic imine (C=N–C) groups is 1. The summed E-state index contributed by atoms with van der Waals surface area (Å²) in [5.74, 6) is -0.340. The largest absolute Gasteiger partial charge is 0.480 e. The van der Waals surface area contributed by atoms with Gasteiger partial charge in [0.25, 0.3) is 0 Å². The molecule has 2 unspecified atom stereocenters. The van der Waals surface area contributed by atoms with Gasteiger partial charge in [-0.15, -0.1) is 28.7 Å². The Kier molecular flexibility index (Phi) is 4.22. The van der Waals surface area contributed by atoms with Gasteiger partial charge in [-0.25, -0.2) is 0 Å². The number of thioether (sulfide) groups is 1. The maximum atomic E-state index is 10.5. The van der Waals surface area contributed by atoms with Crippen molar-refractivity contribution in [1.82, 2.24) is 0 Å². The molecule has 4 nitrogen and oxygen atoms in total. The molecular formula is C6H11BrN2O2S. The summed E-state index contributed by atoms with van der Waals surface area (Å²) in [6.45, 7) is 1.75. The van der Waals surface area contributed by atoms with E-state index in [0.29, 0.717) is 5.75 Å². The van der Waals surface area contributed by atoms with E-state index in [9.17, 15) is 4.79 Å². The highest BCUT2D eigenvalue weighted by atomic mass is 79.9. The molecule has 0 amide bonds. The van der Waals surface area contributed by atoms with Gasteiger partial charge in [0.15, 0.2) is 0 Å². The fraction of sp³-hybridized carbons (Fsp3) is 0.667. The number of rotatable bonds is 2. The van der Waals surface area contributed by atoms with Gasteiger partial charge in [-0.3, -0.25) is 9.79 Å². The van der Waals surface area contributed by atoms with Crippen LogP contribution < -0.4 is 5.73 Å². The predicted octanol–water partition coefficient (Wildman–Crippen LogP) is 0.510. The third-order valence-corrected chi connectivity index (χ3v) is 2.74. The van der Waals surface area contributed by atoms with Crippen LogP contribution in [0.2, 0.25) is 0 Å². The molecule has 3 N–H and O–H groups in total. The molecule has 0 radical (unpaired) electrons. The van der Waals surface area contributed by atoms with E-state index >= 15 is 0 Å². The Morgan fingerprint density at radius 1 is 1.92 bits per heavy atom. The zero-order valence-corrected chi connectivity index (χ0v) is 9.09. The van der Waals surface area contributed by atoms with Crippen LogP contribution in [0.1, 0.15) is 6.92 Å². The van der Waals surface area contributed by atoms with Gasteiger partial charge >= 0.3 is 5.97 Å². The third-order valence-electron chi connectivity index (χ3n) is 1.73. The van der Waals surface area contributed by atoms with Crippen LogP contribution in [0, 0.1) is 0 Å². The molecule has 0 fully saturated rings. The highest BCUT2D eigenvalue weighted by Crippen LogP contribution is 2.25. The molecule has 0 saturated heterocycles. The van der Waals surface area contributed by atoms with Gasteiger partial charge in [-0.1, -0.05) is 0 Å². The minimum atomic E-state index is -0.993. The monoisotopic (exact) mass is 254 g/mol. The third kappa shape index (κ3) is 2.21. The molecule has 1 aliphatic rings. The van der Waals surface area contributed by atoms with Gasteiger partial charge in [0.05, 0.1) is 11.1 Å². The first kappa shape index (κ1) is 11.9. The van der Waals surface area contributed by atoms with Crippen LogP contribution in [-0.4, -0.2) is 34.0 Å². The fourth-order valence-corrected chi connectivity index (χ4v) is 1.82. The van der Waals surface area contributed by atoms with Crippen molar-refractivity contribution in [1.29, 1.82) is 0 Å². The Bertz CT molecular complexity index is 212. The van der Waals surface area contributed by atoms with Crippen LogP contribution in [0.3, 0.4) is 0 Å². The molecule has 0 saturated carbocycles. The zero-order chi connectivity index (χ0) is 8.48. The van der Waals surface area contributed by atoms with Gasteiger partial charge in [0.2, 0.25) is 0 Å². The lowest BCUT2D eigenvalue weighted by Gasteiger charge is -2.23. The van der Waals surface area contributed by atoms with E-state index < -0.39 is 17.6 Å². The van der Waals surface area contributed by atoms with Crippen LogP contribution in [0.4, 0.5) is 0 Å². The van der Waals surface area contributed by atoms with Crippen LogP contribution in [0.15, 0.2) is 4.99 Å². The van der Waals surface area contributed by atoms with Crippen LogP contribution in [0.5, 0.6) is 0 Å². The van der Waals surface area contributed by atoms with Crippen molar-refractivity contribution in [3.05, 3.63) is 0 Å². The summed E-state index contributed by atoms with van der Waals surface area (Å²) in [7, 11) is 0. The Morgan fingerprint density at radius 2 is 2.50 bits per heavy atom. The number of hydrogen-bond donors (Lipinski definition) is 2. The van der Waals surface area contributed by atoms with Gasteiger partial charge in [-0.05, 0) is 6.92 Å². The van der Waals surface area contributed by atoms with E-state index in [4.69, 9.17) is 10.8 Å². The summed E-state index contributed by atoms with van der Waals surface area (Å²) in [6, 6.07) is -0.895. The lowest BCUT2D eigenvalue weighted by Crippen LogP contribution is -2.50. The summed E-state index contributed by atoms with van der Waals surface area (Å²) in [4.78, 5) is 14.5. The Balaban J connectivity index is 0.00000121. The lowest BCUT2D eigenvalue weighted by molar-refractivity contribution is -0.139. The summed E-state index contributed by atoms with van der Waals surface area (Å²) in [6.07, 6.45) is 0. The molecule has 70 valence electrons. The molecule has 0 aromatic rings. The van der Waals surface area contributed by atoms with E-state index in [1.54, 1.807) is 12.5 Å². The fourth-order valence-electron chi connectivity index (χ4n) is 0.837. The van der Waals surface area contributed by atoms with E-state index in [1.165, 1.54) is 11.8 Å². The Morgan fingerprint density at radius 3 is 2.83 bits per heavy atom. The number of hydrogen-bond acceptors (Lipinski definition) is 4. The second-order valence-corrected chi connectivity index (χ2v) is 3.55. The summed E-state index contributed by atoms with van der Waals surface area (Å²) in [5.41, 5.74) is 6.47. The minimum Gasteiger partial charge on any atom is -0.480 e. The summed E-state index contributed by atoms with van der Waals surface area (Å²) >= 11 is 1.49. The van der Waals surface area contributed by atoms with Crippen LogP contribution >= 0.6 is 28.7 Å². The van der Waals surface area contributed by atoms with E-state index in [0.717, 1.165) is 0 Å². The van der Waals surface area contributed by atoms with Gasteiger partial charge in [-0.2, -0.15) is 0 Å². The number of aliphatic carboxylic acids is 1. The quantitative estimate of drug-likeness (QED) is 0.753. The number of carboxylic acids is 1. The van der Waals surface area contributed by atoms with Crippen molar-refractivity contribution in [2.75, 3.05) is 5.75 Å². The standard InChI is InChI=1S/C6H10N2O2S.BrH/c1-6(2-11-3-8-6)4(7)5(9)10;/h3-4H,2,7H2,1H3,(H,9,10);1H. The summed E-state index contributed by atoms with van der Waals surface area (Å²) in [5, 5.41) is 8.60. The molecule has 0 aromatic heterocycles. The number of carboxylic acid groups (broad SMARTS) is 1. The van der Waals surface area contributed by atoms with Crippen molar-refractivity contribution in [2.45, 2.75) is 18.5 Å². The molecule has 6 heteroatoms. The number of carbonyl (C=O) groups is 1. The van der Waals surface area contributed by atoms with Crippen molar-refractivity contribution in [3.8, 4) is 0 Å². The maximum absolute atomic E-state index is 10.5. The molecule has 0 aromatic carbocycles. The van der Waals surface area contributed by atoms with Crippen molar-refractivity contribution in [2.24, 2.45) is 10.7 Å². The van der Waals surface area contributed by atoms with Crippen molar-refractivity contribution >= 4 is 40.3 Å². The molecule has 1 rings (SSSR count). The lowest BCUT2D eigenvalue weighted by atomic mass is 9.96. The van der Waals surface area contributed by atoms with Crippen molar-refractivity contribution in [3.63, 3.8) is 0 Å². The van der Waals surface area contributed by atoms with Gasteiger partial charge in [0.1, 0.15) is 6.04 Å². The number of nitrogens with two attached hydrogens (primary N) is 1. The molecular weight excluding hydrogens is 244 g/mol. The Hall–Kier alpha value is -0.0700. The first-order chi connectivity index (χ1) is 5.06. The van der Waals surface area contributed by atoms with E-state index in [2.05, 4.69) is 4.99 Å². The topological polar surface area (TPSA) is 75.7 Å². The highest BCUT2D eigenvalue weighted by molar-refractivity contribution is 8.93. The molecule has 12 heavy (non-hydrogen) atoms. The van der Waals surface area contributed by atoms with E-state index in [1.807, 2.05) is 0 Å². The predicted molar refractivity (Wildman–Crippen MR) is 55.3 cm³/mol. The first-order valence-electron chi connectivity index (χ1n) is 3.20. The smallest absolute Gasteiger partial charge is 0.323 e. The first-order valence-corrected chi connectivity index (χ1v) is 4.25.